The Kier molecular flexibility index (Phi) is 11.7. The molecule has 194 valence electrons. The van der Waals surface area contributed by atoms with Crippen LogP contribution in [-0.4, -0.2) is 41.5 Å². The number of hydrogen-bond donors (Lipinski definition) is 0. The number of ether oxygens (including phenoxy) is 2. The van der Waals surface area contributed by atoms with Crippen molar-refractivity contribution in [2.24, 2.45) is 5.16 Å². The van der Waals surface area contributed by atoms with Crippen molar-refractivity contribution >= 4 is 63.1 Å². The molecule has 5 nitrogen and oxygen atoms in total. The maximum absolute atomic E-state index is 12.8. The fourth-order valence-electron chi connectivity index (χ4n) is 3.35. The van der Waals surface area contributed by atoms with Crippen LogP contribution in [0.1, 0.15) is 41.3 Å². The minimum Gasteiger partial charge on any atom is -0.497 e. The predicted molar refractivity (Wildman–Crippen MR) is 157 cm³/mol. The van der Waals surface area contributed by atoms with E-state index in [-0.39, 0.29) is 17.6 Å². The second-order valence-electron chi connectivity index (χ2n) is 7.86. The van der Waals surface area contributed by atoms with Crippen LogP contribution in [0, 0.1) is 0 Å². The van der Waals surface area contributed by atoms with E-state index in [9.17, 15) is 4.79 Å². The van der Waals surface area contributed by atoms with Gasteiger partial charge in [0.2, 0.25) is 4.38 Å². The molecule has 9 heteroatoms. The molecule has 0 amide bonds. The van der Waals surface area contributed by atoms with Gasteiger partial charge in [0.1, 0.15) is 18.1 Å². The fraction of sp³-hybridized carbons (Fsp3) is 0.250. The normalized spacial score (nSPS) is 11.4. The average Bonchev–Trinajstić information content (AvgIpc) is 2.91. The molecule has 1 unspecified atom stereocenters. The number of ketones is 1. The Labute approximate surface area is 237 Å². The van der Waals surface area contributed by atoms with Crippen molar-refractivity contribution in [2.45, 2.75) is 25.0 Å². The van der Waals surface area contributed by atoms with Gasteiger partial charge in [0.15, 0.2) is 5.78 Å². The molecule has 0 saturated heterocycles. The van der Waals surface area contributed by atoms with Gasteiger partial charge in [0, 0.05) is 33.2 Å². The van der Waals surface area contributed by atoms with Gasteiger partial charge in [0.25, 0.3) is 0 Å². The second kappa shape index (κ2) is 15.0. The molecule has 0 aliphatic carbocycles. The van der Waals surface area contributed by atoms with Gasteiger partial charge in [-0.2, -0.15) is 0 Å². The number of rotatable bonds is 12. The molecule has 0 aromatic heterocycles. The minimum absolute atomic E-state index is 0.0297. The molecule has 0 aliphatic rings. The van der Waals surface area contributed by atoms with Gasteiger partial charge in [-0.1, -0.05) is 64.4 Å². The highest BCUT2D eigenvalue weighted by molar-refractivity contribution is 8.23. The lowest BCUT2D eigenvalue weighted by molar-refractivity contribution is 0.0971. The summed E-state index contributed by atoms with van der Waals surface area (Å²) < 4.78 is 11.0. The average molecular weight is 577 g/mol. The highest BCUT2D eigenvalue weighted by atomic mass is 35.5. The van der Waals surface area contributed by atoms with Gasteiger partial charge in [-0.15, -0.1) is 0 Å². The Hall–Kier alpha value is -2.58. The zero-order chi connectivity index (χ0) is 26.6. The molecule has 3 aromatic rings. The van der Waals surface area contributed by atoms with Gasteiger partial charge < -0.3 is 14.3 Å². The van der Waals surface area contributed by atoms with Crippen LogP contribution in [-0.2, 0) is 9.57 Å². The number of nitrogens with zero attached hydrogens (tertiary/aromatic N) is 1. The van der Waals surface area contributed by atoms with Crippen molar-refractivity contribution in [1.29, 1.82) is 0 Å². The van der Waals surface area contributed by atoms with Crippen LogP contribution in [0.5, 0.6) is 5.75 Å². The molecule has 0 radical (unpaired) electrons. The minimum atomic E-state index is -0.137. The summed E-state index contributed by atoms with van der Waals surface area (Å²) >= 11 is 18.9. The summed E-state index contributed by atoms with van der Waals surface area (Å²) in [6.45, 7) is 2.58. The van der Waals surface area contributed by atoms with E-state index in [4.69, 9.17) is 49.7 Å². The lowest BCUT2D eigenvalue weighted by atomic mass is 10.0. The van der Waals surface area contributed by atoms with Crippen LogP contribution in [0.25, 0.3) is 0 Å². The van der Waals surface area contributed by atoms with E-state index in [1.54, 1.807) is 55.6 Å². The Morgan fingerprint density at radius 1 is 0.919 bits per heavy atom. The number of halogens is 2. The van der Waals surface area contributed by atoms with Crippen LogP contribution in [0.3, 0.4) is 0 Å². The van der Waals surface area contributed by atoms with Crippen molar-refractivity contribution in [3.8, 4) is 5.75 Å². The number of Topliss-reactive ketones (excluding diaryl/α,β-unsaturated/α-hetero) is 1. The largest absolute Gasteiger partial charge is 0.497 e. The van der Waals surface area contributed by atoms with E-state index in [1.807, 2.05) is 31.2 Å². The number of methoxy groups -OCH3 is 1. The van der Waals surface area contributed by atoms with Crippen LogP contribution in [0.4, 0.5) is 0 Å². The SMILES string of the molecule is CCOC(=S)SC(CCC(=O)c1ccc(OC)cc1)CON=C(c1ccc(Cl)cc1)c1ccc(Cl)cc1. The van der Waals surface area contributed by atoms with Crippen molar-refractivity contribution in [3.05, 3.63) is 99.5 Å². The molecule has 3 aromatic carbocycles. The van der Waals surface area contributed by atoms with Gasteiger partial charge >= 0.3 is 0 Å². The molecule has 37 heavy (non-hydrogen) atoms. The third-order valence-corrected chi connectivity index (χ3v) is 7.21. The standard InChI is InChI=1S/C28H27Cl2NO4S2/c1-3-34-28(36)37-25(16-17-26(32)19-8-14-24(33-2)15-9-19)18-35-31-27(20-4-10-22(29)11-5-20)21-6-12-23(30)13-7-21/h4-15,25H,3,16-18H2,1-2H3. The molecule has 0 spiro atoms. The first-order chi connectivity index (χ1) is 17.9. The van der Waals surface area contributed by atoms with Crippen molar-refractivity contribution in [1.82, 2.24) is 0 Å². The number of hydrogen-bond acceptors (Lipinski definition) is 7. The first kappa shape index (κ1) is 29.0. The zero-order valence-corrected chi connectivity index (χ0v) is 23.6. The Bertz CT molecular complexity index is 1150. The molecule has 0 fully saturated rings. The van der Waals surface area contributed by atoms with Gasteiger partial charge in [0.05, 0.1) is 19.0 Å². The Morgan fingerprint density at radius 2 is 1.46 bits per heavy atom. The summed E-state index contributed by atoms with van der Waals surface area (Å²) in [5.41, 5.74) is 2.95. The maximum Gasteiger partial charge on any atom is 0.220 e. The van der Waals surface area contributed by atoms with E-state index < -0.39 is 0 Å². The van der Waals surface area contributed by atoms with E-state index in [2.05, 4.69) is 5.16 Å². The van der Waals surface area contributed by atoms with Crippen molar-refractivity contribution in [3.63, 3.8) is 0 Å². The molecule has 0 N–H and O–H groups in total. The van der Waals surface area contributed by atoms with Crippen LogP contribution >= 0.6 is 47.2 Å². The number of benzene rings is 3. The highest BCUT2D eigenvalue weighted by Crippen LogP contribution is 2.23. The summed E-state index contributed by atoms with van der Waals surface area (Å²) in [6.07, 6.45) is 0.864. The summed E-state index contributed by atoms with van der Waals surface area (Å²) in [4.78, 5) is 18.6. The molecule has 0 heterocycles. The fourth-order valence-corrected chi connectivity index (χ4v) is 4.95. The van der Waals surface area contributed by atoms with Crippen molar-refractivity contribution < 1.29 is 19.1 Å². The molecular formula is C28H27Cl2NO4S2. The van der Waals surface area contributed by atoms with Crippen LogP contribution in [0.2, 0.25) is 10.0 Å². The molecule has 1 atom stereocenters. The van der Waals surface area contributed by atoms with Crippen molar-refractivity contribution in [2.75, 3.05) is 20.3 Å². The number of oxime groups is 1. The third kappa shape index (κ3) is 9.34. The smallest absolute Gasteiger partial charge is 0.220 e. The Morgan fingerprint density at radius 3 is 1.97 bits per heavy atom. The highest BCUT2D eigenvalue weighted by Gasteiger charge is 2.18. The third-order valence-electron chi connectivity index (χ3n) is 5.28. The van der Waals surface area contributed by atoms with E-state index in [0.717, 1.165) is 11.1 Å². The molecule has 0 aliphatic heterocycles. The molecular weight excluding hydrogens is 549 g/mol. The van der Waals surface area contributed by atoms with E-state index in [1.165, 1.54) is 11.8 Å². The maximum atomic E-state index is 12.8. The summed E-state index contributed by atoms with van der Waals surface area (Å²) in [6, 6.07) is 21.8. The predicted octanol–water partition coefficient (Wildman–Crippen LogP) is 7.86. The van der Waals surface area contributed by atoms with E-state index >= 15 is 0 Å². The second-order valence-corrected chi connectivity index (χ2v) is 10.6. The lowest BCUT2D eigenvalue weighted by Gasteiger charge is -2.16. The first-order valence-electron chi connectivity index (χ1n) is 11.6. The lowest BCUT2D eigenvalue weighted by Crippen LogP contribution is -2.17. The quantitative estimate of drug-likeness (QED) is 0.0947. The van der Waals surface area contributed by atoms with Gasteiger partial charge in [-0.25, -0.2) is 0 Å². The number of carbonyl (C=O) groups is 1. The van der Waals surface area contributed by atoms with Gasteiger partial charge in [-0.05, 0) is 74.1 Å². The molecule has 0 bridgehead atoms. The van der Waals surface area contributed by atoms with Crippen LogP contribution < -0.4 is 4.74 Å². The van der Waals surface area contributed by atoms with Gasteiger partial charge in [-0.3, -0.25) is 4.79 Å². The summed E-state index contributed by atoms with van der Waals surface area (Å²) in [5, 5.41) is 5.57. The number of thioether (sulfide) groups is 1. The number of thiocarbonyl (C=S) groups is 1. The van der Waals surface area contributed by atoms with Crippen LogP contribution in [0.15, 0.2) is 78.0 Å². The number of carbonyl (C=O) groups excluding carboxylic acids is 1. The molecule has 0 saturated carbocycles. The topological polar surface area (TPSA) is 57.1 Å². The monoisotopic (exact) mass is 575 g/mol. The zero-order valence-electron chi connectivity index (χ0n) is 20.5. The molecule has 3 rings (SSSR count). The first-order valence-corrected chi connectivity index (χ1v) is 13.7. The summed E-state index contributed by atoms with van der Waals surface area (Å²) in [7, 11) is 1.59. The van der Waals surface area contributed by atoms with E-state index in [0.29, 0.717) is 50.9 Å². The summed E-state index contributed by atoms with van der Waals surface area (Å²) in [5.74, 6) is 0.734. The Balaban J connectivity index is 1.73.